The van der Waals surface area contributed by atoms with Crippen LogP contribution < -0.4 is 5.43 Å². The topological polar surface area (TPSA) is 59.3 Å². The molecule has 0 fully saturated rings. The van der Waals surface area contributed by atoms with Gasteiger partial charge in [0.25, 0.3) is 5.91 Å². The Bertz CT molecular complexity index is 841. The van der Waals surface area contributed by atoms with Gasteiger partial charge in [0.15, 0.2) is 0 Å². The molecule has 0 radical (unpaired) electrons. The molecular formula is C16H13BrN4O. The van der Waals surface area contributed by atoms with Crippen molar-refractivity contribution in [3.8, 4) is 0 Å². The van der Waals surface area contributed by atoms with E-state index in [-0.39, 0.29) is 12.5 Å². The lowest BCUT2D eigenvalue weighted by molar-refractivity contribution is -0.121. The van der Waals surface area contributed by atoms with Crippen LogP contribution in [-0.2, 0) is 11.3 Å². The second kappa shape index (κ2) is 6.53. The molecule has 1 N–H and O–H groups in total. The number of hydrazone groups is 1. The number of halogens is 1. The standard InChI is InChI=1S/C16H13BrN4O/c17-13-5-3-4-12(8-13)9-19-20-16(22)10-21-11-18-14-6-1-2-7-15(14)21/h1-9,11H,10H2,(H,20,22)/b19-9-. The number of carbonyl (C=O) groups is 1. The maximum atomic E-state index is 11.9. The molecule has 3 aromatic rings. The molecule has 6 heteroatoms. The number of rotatable bonds is 4. The van der Waals surface area contributed by atoms with E-state index in [0.717, 1.165) is 21.1 Å². The molecule has 22 heavy (non-hydrogen) atoms. The normalized spacial score (nSPS) is 11.1. The molecule has 0 atom stereocenters. The molecule has 0 aliphatic rings. The second-order valence-electron chi connectivity index (χ2n) is 4.71. The molecule has 0 saturated heterocycles. The number of amides is 1. The summed E-state index contributed by atoms with van der Waals surface area (Å²) in [6.07, 6.45) is 3.26. The van der Waals surface area contributed by atoms with E-state index < -0.39 is 0 Å². The van der Waals surface area contributed by atoms with Crippen LogP contribution in [0.15, 0.2) is 64.4 Å². The largest absolute Gasteiger partial charge is 0.321 e. The predicted molar refractivity (Wildman–Crippen MR) is 89.6 cm³/mol. The Kier molecular flexibility index (Phi) is 4.29. The molecule has 0 aliphatic carbocycles. The molecule has 0 unspecified atom stereocenters. The fourth-order valence-electron chi connectivity index (χ4n) is 2.09. The van der Waals surface area contributed by atoms with Gasteiger partial charge in [-0.2, -0.15) is 5.10 Å². The molecule has 0 bridgehead atoms. The molecular weight excluding hydrogens is 344 g/mol. The van der Waals surface area contributed by atoms with Crippen LogP contribution >= 0.6 is 15.9 Å². The van der Waals surface area contributed by atoms with Crippen molar-refractivity contribution in [2.24, 2.45) is 5.10 Å². The number of aromatic nitrogens is 2. The van der Waals surface area contributed by atoms with Gasteiger partial charge in [0, 0.05) is 4.47 Å². The van der Waals surface area contributed by atoms with Crippen LogP contribution in [0, 0.1) is 0 Å². The molecule has 1 amide bonds. The molecule has 1 aromatic heterocycles. The average molecular weight is 357 g/mol. The van der Waals surface area contributed by atoms with Gasteiger partial charge in [-0.05, 0) is 29.8 Å². The number of hydrogen-bond donors (Lipinski definition) is 1. The zero-order chi connectivity index (χ0) is 15.4. The Labute approximate surface area is 135 Å². The molecule has 1 heterocycles. The summed E-state index contributed by atoms with van der Waals surface area (Å²) in [5.74, 6) is -0.200. The van der Waals surface area contributed by atoms with Gasteiger partial charge >= 0.3 is 0 Å². The van der Waals surface area contributed by atoms with Crippen LogP contribution in [0.4, 0.5) is 0 Å². The molecule has 0 saturated carbocycles. The molecule has 3 rings (SSSR count). The van der Waals surface area contributed by atoms with Crippen LogP contribution in [0.25, 0.3) is 11.0 Å². The van der Waals surface area contributed by atoms with Gasteiger partial charge in [-0.3, -0.25) is 4.79 Å². The first-order valence-electron chi connectivity index (χ1n) is 6.70. The maximum absolute atomic E-state index is 11.9. The van der Waals surface area contributed by atoms with Gasteiger partial charge in [-0.15, -0.1) is 0 Å². The fourth-order valence-corrected chi connectivity index (χ4v) is 2.51. The molecule has 2 aromatic carbocycles. The lowest BCUT2D eigenvalue weighted by Gasteiger charge is -2.02. The van der Waals surface area contributed by atoms with E-state index in [4.69, 9.17) is 0 Å². The summed E-state index contributed by atoms with van der Waals surface area (Å²) in [6, 6.07) is 15.3. The first kappa shape index (κ1) is 14.5. The van der Waals surface area contributed by atoms with Gasteiger partial charge in [0.1, 0.15) is 6.54 Å². The summed E-state index contributed by atoms with van der Waals surface area (Å²) in [7, 11) is 0. The highest BCUT2D eigenvalue weighted by atomic mass is 79.9. The summed E-state index contributed by atoms with van der Waals surface area (Å²) < 4.78 is 2.76. The SMILES string of the molecule is O=C(Cn1cnc2ccccc21)N/N=C\c1cccc(Br)c1. The fraction of sp³-hybridized carbons (Fsp3) is 0.0625. The lowest BCUT2D eigenvalue weighted by atomic mass is 10.2. The Hall–Kier alpha value is -2.47. The number of nitrogens with zero attached hydrogens (tertiary/aromatic N) is 3. The lowest BCUT2D eigenvalue weighted by Crippen LogP contribution is -2.22. The van der Waals surface area contributed by atoms with Gasteiger partial charge in [-0.25, -0.2) is 10.4 Å². The number of imidazole rings is 1. The molecule has 0 spiro atoms. The van der Waals surface area contributed by atoms with E-state index in [1.54, 1.807) is 17.1 Å². The number of nitrogens with one attached hydrogen (secondary N) is 1. The summed E-state index contributed by atoms with van der Waals surface area (Å²) in [4.78, 5) is 16.2. The predicted octanol–water partition coefficient (Wildman–Crippen LogP) is 2.95. The van der Waals surface area contributed by atoms with Gasteiger partial charge in [0.2, 0.25) is 0 Å². The van der Waals surface area contributed by atoms with E-state index in [2.05, 4.69) is 31.4 Å². The Morgan fingerprint density at radius 2 is 2.14 bits per heavy atom. The van der Waals surface area contributed by atoms with Gasteiger partial charge in [-0.1, -0.05) is 40.2 Å². The van der Waals surface area contributed by atoms with Crippen molar-refractivity contribution in [1.82, 2.24) is 15.0 Å². The van der Waals surface area contributed by atoms with Crippen molar-refractivity contribution in [3.63, 3.8) is 0 Å². The maximum Gasteiger partial charge on any atom is 0.260 e. The third kappa shape index (κ3) is 3.40. The van der Waals surface area contributed by atoms with E-state index in [1.807, 2.05) is 48.5 Å². The second-order valence-corrected chi connectivity index (χ2v) is 5.63. The smallest absolute Gasteiger partial charge is 0.260 e. The molecule has 110 valence electrons. The van der Waals surface area contributed by atoms with Crippen LogP contribution in [0.5, 0.6) is 0 Å². The first-order valence-corrected chi connectivity index (χ1v) is 7.49. The van der Waals surface area contributed by atoms with E-state index in [9.17, 15) is 4.79 Å². The van der Waals surface area contributed by atoms with Crippen LogP contribution in [0.1, 0.15) is 5.56 Å². The summed E-state index contributed by atoms with van der Waals surface area (Å²) in [5.41, 5.74) is 5.22. The van der Waals surface area contributed by atoms with E-state index in [1.165, 1.54) is 0 Å². The molecule has 0 aliphatic heterocycles. The Morgan fingerprint density at radius 1 is 1.27 bits per heavy atom. The van der Waals surface area contributed by atoms with E-state index >= 15 is 0 Å². The van der Waals surface area contributed by atoms with Crippen LogP contribution in [0.3, 0.4) is 0 Å². The first-order chi connectivity index (χ1) is 10.7. The summed E-state index contributed by atoms with van der Waals surface area (Å²) in [5, 5.41) is 3.96. The number of carbonyl (C=O) groups excluding carboxylic acids is 1. The monoisotopic (exact) mass is 356 g/mol. The Morgan fingerprint density at radius 3 is 3.00 bits per heavy atom. The number of fused-ring (bicyclic) bond motifs is 1. The minimum atomic E-state index is -0.200. The highest BCUT2D eigenvalue weighted by Crippen LogP contribution is 2.11. The zero-order valence-electron chi connectivity index (χ0n) is 11.6. The average Bonchev–Trinajstić information content (AvgIpc) is 2.91. The highest BCUT2D eigenvalue weighted by Gasteiger charge is 2.05. The zero-order valence-corrected chi connectivity index (χ0v) is 13.2. The third-order valence-electron chi connectivity index (χ3n) is 3.09. The van der Waals surface area contributed by atoms with Gasteiger partial charge < -0.3 is 4.57 Å². The minimum Gasteiger partial charge on any atom is -0.321 e. The van der Waals surface area contributed by atoms with Crippen molar-refractivity contribution in [1.29, 1.82) is 0 Å². The van der Waals surface area contributed by atoms with Gasteiger partial charge in [0.05, 0.1) is 23.6 Å². The number of hydrogen-bond acceptors (Lipinski definition) is 3. The van der Waals surface area contributed by atoms with Crippen molar-refractivity contribution in [3.05, 3.63) is 64.9 Å². The number of benzene rings is 2. The van der Waals surface area contributed by atoms with Crippen molar-refractivity contribution < 1.29 is 4.79 Å². The van der Waals surface area contributed by atoms with Crippen LogP contribution in [0.2, 0.25) is 0 Å². The van der Waals surface area contributed by atoms with Crippen molar-refractivity contribution >= 4 is 39.1 Å². The number of para-hydroxylation sites is 2. The molecule has 5 nitrogen and oxygen atoms in total. The van der Waals surface area contributed by atoms with E-state index in [0.29, 0.717) is 0 Å². The summed E-state index contributed by atoms with van der Waals surface area (Å²) in [6.45, 7) is 0.177. The quantitative estimate of drug-likeness (QED) is 0.577. The van der Waals surface area contributed by atoms with Crippen molar-refractivity contribution in [2.45, 2.75) is 6.54 Å². The van der Waals surface area contributed by atoms with Crippen LogP contribution in [-0.4, -0.2) is 21.7 Å². The minimum absolute atomic E-state index is 0.177. The Balaban J connectivity index is 1.63. The van der Waals surface area contributed by atoms with Crippen molar-refractivity contribution in [2.75, 3.05) is 0 Å². The third-order valence-corrected chi connectivity index (χ3v) is 3.59. The summed E-state index contributed by atoms with van der Waals surface area (Å²) >= 11 is 3.39. The highest BCUT2D eigenvalue weighted by molar-refractivity contribution is 9.10.